The summed E-state index contributed by atoms with van der Waals surface area (Å²) in [4.78, 5) is 0. The van der Waals surface area contributed by atoms with Crippen molar-refractivity contribution in [3.63, 3.8) is 0 Å². The van der Waals surface area contributed by atoms with Crippen LogP contribution in [0.2, 0.25) is 10.0 Å². The van der Waals surface area contributed by atoms with Crippen LogP contribution in [0, 0.1) is 0 Å². The molecule has 5 heteroatoms. The van der Waals surface area contributed by atoms with Gasteiger partial charge in [0.1, 0.15) is 5.76 Å². The van der Waals surface area contributed by atoms with Crippen LogP contribution in [-0.2, 0) is 6.42 Å². The number of hydrogen-bond donors (Lipinski definition) is 1. The van der Waals surface area contributed by atoms with Crippen LogP contribution in [0.15, 0.2) is 39.4 Å². The van der Waals surface area contributed by atoms with E-state index in [1.54, 1.807) is 6.07 Å². The van der Waals surface area contributed by atoms with Crippen LogP contribution in [0.3, 0.4) is 0 Å². The minimum absolute atomic E-state index is 0.239. The SMILES string of the molecule is NC(Cc1cccc(Cl)c1Cl)c1ccc(Br)o1. The van der Waals surface area contributed by atoms with Crippen LogP contribution < -0.4 is 5.73 Å². The van der Waals surface area contributed by atoms with Crippen molar-refractivity contribution < 1.29 is 4.42 Å². The van der Waals surface area contributed by atoms with E-state index in [4.69, 9.17) is 33.4 Å². The molecular formula is C12H10BrCl2NO. The van der Waals surface area contributed by atoms with Crippen LogP contribution in [0.4, 0.5) is 0 Å². The Morgan fingerprint density at radius 2 is 2.00 bits per heavy atom. The number of halogens is 3. The first-order valence-electron chi connectivity index (χ1n) is 5.01. The van der Waals surface area contributed by atoms with Crippen molar-refractivity contribution in [2.24, 2.45) is 5.73 Å². The van der Waals surface area contributed by atoms with Crippen molar-refractivity contribution in [3.05, 3.63) is 56.4 Å². The third kappa shape index (κ3) is 3.05. The van der Waals surface area contributed by atoms with E-state index in [1.807, 2.05) is 24.3 Å². The first kappa shape index (κ1) is 13.0. The minimum Gasteiger partial charge on any atom is -0.453 e. The summed E-state index contributed by atoms with van der Waals surface area (Å²) in [5, 5.41) is 1.09. The standard InChI is InChI=1S/C12H10BrCl2NO/c13-11-5-4-10(17-11)9(16)6-7-2-1-3-8(14)12(7)15/h1-5,9H,6,16H2. The topological polar surface area (TPSA) is 39.2 Å². The van der Waals surface area contributed by atoms with Gasteiger partial charge in [-0.25, -0.2) is 0 Å². The molecule has 0 aliphatic heterocycles. The van der Waals surface area contributed by atoms with E-state index in [0.29, 0.717) is 26.9 Å². The van der Waals surface area contributed by atoms with Crippen molar-refractivity contribution in [1.82, 2.24) is 0 Å². The molecule has 1 heterocycles. The Kier molecular flexibility index (Phi) is 4.15. The van der Waals surface area contributed by atoms with E-state index >= 15 is 0 Å². The second-order valence-electron chi connectivity index (χ2n) is 3.67. The Bertz CT molecular complexity index is 527. The van der Waals surface area contributed by atoms with E-state index in [1.165, 1.54) is 0 Å². The van der Waals surface area contributed by atoms with E-state index in [2.05, 4.69) is 15.9 Å². The van der Waals surface area contributed by atoms with E-state index in [9.17, 15) is 0 Å². The zero-order chi connectivity index (χ0) is 12.4. The smallest absolute Gasteiger partial charge is 0.169 e. The molecule has 17 heavy (non-hydrogen) atoms. The molecular weight excluding hydrogens is 325 g/mol. The average molecular weight is 335 g/mol. The van der Waals surface area contributed by atoms with Gasteiger partial charge in [-0.15, -0.1) is 0 Å². The minimum atomic E-state index is -0.239. The molecule has 0 saturated heterocycles. The molecule has 0 saturated carbocycles. The van der Waals surface area contributed by atoms with Crippen molar-refractivity contribution in [3.8, 4) is 0 Å². The van der Waals surface area contributed by atoms with Gasteiger partial charge in [0.25, 0.3) is 0 Å². The van der Waals surface area contributed by atoms with Gasteiger partial charge in [0.05, 0.1) is 16.1 Å². The third-order valence-electron chi connectivity index (χ3n) is 2.43. The molecule has 1 aromatic heterocycles. The van der Waals surface area contributed by atoms with E-state index in [-0.39, 0.29) is 6.04 Å². The van der Waals surface area contributed by atoms with Crippen molar-refractivity contribution >= 4 is 39.1 Å². The molecule has 1 atom stereocenters. The molecule has 0 fully saturated rings. The van der Waals surface area contributed by atoms with Crippen LogP contribution in [-0.4, -0.2) is 0 Å². The molecule has 0 bridgehead atoms. The van der Waals surface area contributed by atoms with Gasteiger partial charge < -0.3 is 10.2 Å². The lowest BCUT2D eigenvalue weighted by molar-refractivity contribution is 0.448. The number of furan rings is 1. The molecule has 1 aromatic carbocycles. The Morgan fingerprint density at radius 1 is 1.24 bits per heavy atom. The zero-order valence-electron chi connectivity index (χ0n) is 8.79. The molecule has 0 aliphatic carbocycles. The van der Waals surface area contributed by atoms with Gasteiger partial charge in [0, 0.05) is 0 Å². The maximum Gasteiger partial charge on any atom is 0.169 e. The van der Waals surface area contributed by atoms with Crippen LogP contribution in [0.1, 0.15) is 17.4 Å². The van der Waals surface area contributed by atoms with Gasteiger partial charge in [0.15, 0.2) is 4.67 Å². The Morgan fingerprint density at radius 3 is 2.65 bits per heavy atom. The first-order chi connectivity index (χ1) is 8.08. The maximum atomic E-state index is 6.10. The van der Waals surface area contributed by atoms with Crippen LogP contribution in [0.25, 0.3) is 0 Å². The molecule has 90 valence electrons. The molecule has 2 nitrogen and oxygen atoms in total. The normalized spacial score (nSPS) is 12.7. The number of rotatable bonds is 3. The third-order valence-corrected chi connectivity index (χ3v) is 3.72. The summed E-state index contributed by atoms with van der Waals surface area (Å²) in [6.07, 6.45) is 0.583. The van der Waals surface area contributed by atoms with E-state index < -0.39 is 0 Å². The summed E-state index contributed by atoms with van der Waals surface area (Å²) in [5.41, 5.74) is 6.96. The van der Waals surface area contributed by atoms with Crippen molar-refractivity contribution in [2.45, 2.75) is 12.5 Å². The van der Waals surface area contributed by atoms with Crippen LogP contribution >= 0.6 is 39.1 Å². The highest BCUT2D eigenvalue weighted by molar-refractivity contribution is 9.10. The molecule has 0 aliphatic rings. The fraction of sp³-hybridized carbons (Fsp3) is 0.167. The fourth-order valence-corrected chi connectivity index (χ4v) is 2.29. The molecule has 2 rings (SSSR count). The summed E-state index contributed by atoms with van der Waals surface area (Å²) in [7, 11) is 0. The predicted molar refractivity (Wildman–Crippen MR) is 73.5 cm³/mol. The molecule has 0 amide bonds. The average Bonchev–Trinajstić information content (AvgIpc) is 2.72. The Labute approximate surface area is 118 Å². The Hall–Kier alpha value is -0.480. The lowest BCUT2D eigenvalue weighted by Gasteiger charge is -2.10. The lowest BCUT2D eigenvalue weighted by Crippen LogP contribution is -2.12. The highest BCUT2D eigenvalue weighted by Crippen LogP contribution is 2.29. The molecule has 2 aromatic rings. The highest BCUT2D eigenvalue weighted by atomic mass is 79.9. The van der Waals surface area contributed by atoms with Gasteiger partial charge in [-0.05, 0) is 46.1 Å². The monoisotopic (exact) mass is 333 g/mol. The summed E-state index contributed by atoms with van der Waals surface area (Å²) in [5.74, 6) is 0.716. The van der Waals surface area contributed by atoms with Gasteiger partial charge >= 0.3 is 0 Å². The van der Waals surface area contributed by atoms with Gasteiger partial charge in [0.2, 0.25) is 0 Å². The predicted octanol–water partition coefficient (Wildman–Crippen LogP) is 4.59. The Balaban J connectivity index is 2.18. The number of hydrogen-bond acceptors (Lipinski definition) is 2. The van der Waals surface area contributed by atoms with Crippen molar-refractivity contribution in [1.29, 1.82) is 0 Å². The summed E-state index contributed by atoms with van der Waals surface area (Å²) in [6.45, 7) is 0. The summed E-state index contributed by atoms with van der Waals surface area (Å²) in [6, 6.07) is 8.93. The second kappa shape index (κ2) is 5.44. The van der Waals surface area contributed by atoms with Gasteiger partial charge in [-0.3, -0.25) is 0 Å². The number of nitrogens with two attached hydrogens (primary N) is 1. The summed E-state index contributed by atoms with van der Waals surface area (Å²) < 4.78 is 6.07. The molecule has 0 spiro atoms. The van der Waals surface area contributed by atoms with Crippen LogP contribution in [0.5, 0.6) is 0 Å². The highest BCUT2D eigenvalue weighted by Gasteiger charge is 2.14. The zero-order valence-corrected chi connectivity index (χ0v) is 11.9. The quantitative estimate of drug-likeness (QED) is 0.891. The fourth-order valence-electron chi connectivity index (χ4n) is 1.57. The molecule has 1 unspecified atom stereocenters. The van der Waals surface area contributed by atoms with Crippen molar-refractivity contribution in [2.75, 3.05) is 0 Å². The van der Waals surface area contributed by atoms with E-state index in [0.717, 1.165) is 5.56 Å². The maximum absolute atomic E-state index is 6.10. The lowest BCUT2D eigenvalue weighted by atomic mass is 10.0. The first-order valence-corrected chi connectivity index (χ1v) is 6.56. The molecule has 2 N–H and O–H groups in total. The number of benzene rings is 1. The van der Waals surface area contributed by atoms with Gasteiger partial charge in [-0.2, -0.15) is 0 Å². The second-order valence-corrected chi connectivity index (χ2v) is 5.23. The van der Waals surface area contributed by atoms with Gasteiger partial charge in [-0.1, -0.05) is 35.3 Å². The largest absolute Gasteiger partial charge is 0.453 e. The summed E-state index contributed by atoms with van der Waals surface area (Å²) >= 11 is 15.3. The molecule has 0 radical (unpaired) electrons.